The second-order valence-corrected chi connectivity index (χ2v) is 8.50. The Kier molecular flexibility index (Phi) is 6.29. The van der Waals surface area contributed by atoms with E-state index in [0.29, 0.717) is 33.3 Å². The first-order chi connectivity index (χ1) is 16.9. The summed E-state index contributed by atoms with van der Waals surface area (Å²) >= 11 is 5.96. The highest BCUT2D eigenvalue weighted by molar-refractivity contribution is 6.30. The van der Waals surface area contributed by atoms with Gasteiger partial charge in [0.15, 0.2) is 0 Å². The van der Waals surface area contributed by atoms with Crippen molar-refractivity contribution in [2.75, 3.05) is 0 Å². The Morgan fingerprint density at radius 1 is 1.09 bits per heavy atom. The van der Waals surface area contributed by atoms with Crippen molar-refractivity contribution >= 4 is 28.5 Å². The van der Waals surface area contributed by atoms with Crippen LogP contribution in [0.5, 0.6) is 0 Å². The van der Waals surface area contributed by atoms with Crippen molar-refractivity contribution in [3.63, 3.8) is 0 Å². The summed E-state index contributed by atoms with van der Waals surface area (Å²) in [5.74, 6) is -1.02. The van der Waals surface area contributed by atoms with Crippen molar-refractivity contribution in [2.24, 2.45) is 0 Å². The number of H-pyrrole nitrogens is 1. The molecule has 35 heavy (non-hydrogen) atoms. The molecule has 2 aromatic carbocycles. The van der Waals surface area contributed by atoms with Crippen molar-refractivity contribution in [3.05, 3.63) is 107 Å². The van der Waals surface area contributed by atoms with E-state index in [0.717, 1.165) is 17.1 Å². The lowest BCUT2D eigenvalue weighted by molar-refractivity contribution is -0.121. The fourth-order valence-electron chi connectivity index (χ4n) is 3.92. The maximum absolute atomic E-state index is 13.8. The standard InChI is InChI=1S/C26H19ClF2N4O2/c27-18-5-3-16(4-6-18)26-32-14-23(35-26)22(10-15-8-19(28)12-20(29)9-15)33-24(34)11-17-13-31-21-2-1-7-30-25(17)21/h1-9,12-14,22,31H,10-11H2,(H,33,34). The van der Waals surface area contributed by atoms with Gasteiger partial charge in [0.1, 0.15) is 17.4 Å². The smallest absolute Gasteiger partial charge is 0.226 e. The number of hydrogen-bond acceptors (Lipinski definition) is 4. The van der Waals surface area contributed by atoms with E-state index in [4.69, 9.17) is 16.0 Å². The maximum atomic E-state index is 13.8. The van der Waals surface area contributed by atoms with E-state index in [2.05, 4.69) is 20.3 Å². The Morgan fingerprint density at radius 3 is 2.63 bits per heavy atom. The maximum Gasteiger partial charge on any atom is 0.226 e. The van der Waals surface area contributed by atoms with E-state index in [-0.39, 0.29) is 18.7 Å². The Hall–Kier alpha value is -4.04. The van der Waals surface area contributed by atoms with Crippen LogP contribution in [0.15, 0.2) is 77.6 Å². The SMILES string of the molecule is O=C(Cc1c[nH]c2cccnc12)NC(Cc1cc(F)cc(F)c1)c1cnc(-c2ccc(Cl)cc2)o1. The molecule has 1 atom stereocenters. The van der Waals surface area contributed by atoms with Gasteiger partial charge in [-0.15, -0.1) is 0 Å². The molecule has 0 bridgehead atoms. The molecule has 0 fully saturated rings. The summed E-state index contributed by atoms with van der Waals surface area (Å²) in [6.45, 7) is 0. The highest BCUT2D eigenvalue weighted by Gasteiger charge is 2.22. The summed E-state index contributed by atoms with van der Waals surface area (Å²) < 4.78 is 33.6. The number of hydrogen-bond donors (Lipinski definition) is 2. The Labute approximate surface area is 204 Å². The van der Waals surface area contributed by atoms with Crippen molar-refractivity contribution < 1.29 is 18.0 Å². The quantitative estimate of drug-likeness (QED) is 0.301. The third-order valence-corrected chi connectivity index (χ3v) is 5.77. The number of pyridine rings is 1. The van der Waals surface area contributed by atoms with E-state index in [1.165, 1.54) is 18.3 Å². The van der Waals surface area contributed by atoms with E-state index in [1.54, 1.807) is 42.7 Å². The zero-order chi connectivity index (χ0) is 24.4. The van der Waals surface area contributed by atoms with Crippen LogP contribution in [-0.2, 0) is 17.6 Å². The van der Waals surface area contributed by atoms with Crippen LogP contribution in [0.4, 0.5) is 8.78 Å². The fraction of sp³-hybridized carbons (Fsp3) is 0.115. The Bertz CT molecular complexity index is 1480. The molecule has 2 N–H and O–H groups in total. The molecule has 0 radical (unpaired) electrons. The molecule has 6 nitrogen and oxygen atoms in total. The number of rotatable bonds is 7. The number of carbonyl (C=O) groups is 1. The molecule has 3 heterocycles. The molecular formula is C26H19ClF2N4O2. The second-order valence-electron chi connectivity index (χ2n) is 8.07. The van der Waals surface area contributed by atoms with Gasteiger partial charge in [-0.05, 0) is 54.1 Å². The van der Waals surface area contributed by atoms with Gasteiger partial charge in [-0.3, -0.25) is 9.78 Å². The molecule has 1 unspecified atom stereocenters. The van der Waals surface area contributed by atoms with Gasteiger partial charge in [0, 0.05) is 41.0 Å². The van der Waals surface area contributed by atoms with Crippen molar-refractivity contribution in [1.29, 1.82) is 0 Å². The first-order valence-electron chi connectivity index (χ1n) is 10.8. The van der Waals surface area contributed by atoms with Crippen molar-refractivity contribution in [3.8, 4) is 11.5 Å². The van der Waals surface area contributed by atoms with Gasteiger partial charge in [-0.1, -0.05) is 11.6 Å². The van der Waals surface area contributed by atoms with Gasteiger partial charge < -0.3 is 14.7 Å². The third-order valence-electron chi connectivity index (χ3n) is 5.52. The number of amides is 1. The van der Waals surface area contributed by atoms with Crippen molar-refractivity contribution in [1.82, 2.24) is 20.3 Å². The summed E-state index contributed by atoms with van der Waals surface area (Å²) in [6, 6.07) is 13.2. The van der Waals surface area contributed by atoms with E-state index in [9.17, 15) is 13.6 Å². The lowest BCUT2D eigenvalue weighted by Crippen LogP contribution is -2.31. The van der Waals surface area contributed by atoms with Crippen LogP contribution in [0, 0.1) is 11.6 Å². The highest BCUT2D eigenvalue weighted by atomic mass is 35.5. The van der Waals surface area contributed by atoms with Crippen LogP contribution in [-0.4, -0.2) is 20.9 Å². The molecule has 0 saturated carbocycles. The minimum atomic E-state index is -0.713. The third kappa shape index (κ3) is 5.22. The molecule has 0 aliphatic rings. The number of carbonyl (C=O) groups excluding carboxylic acids is 1. The number of aromatic nitrogens is 3. The lowest BCUT2D eigenvalue weighted by atomic mass is 10.0. The van der Waals surface area contributed by atoms with Gasteiger partial charge >= 0.3 is 0 Å². The normalized spacial score (nSPS) is 12.1. The average molecular weight is 493 g/mol. The molecular weight excluding hydrogens is 474 g/mol. The number of halogens is 3. The summed E-state index contributed by atoms with van der Waals surface area (Å²) in [4.78, 5) is 24.7. The summed E-state index contributed by atoms with van der Waals surface area (Å²) in [5, 5.41) is 3.49. The topological polar surface area (TPSA) is 83.8 Å². The average Bonchev–Trinajstić information content (AvgIpc) is 3.47. The Morgan fingerprint density at radius 2 is 1.86 bits per heavy atom. The molecule has 9 heteroatoms. The Balaban J connectivity index is 1.41. The lowest BCUT2D eigenvalue weighted by Gasteiger charge is -2.17. The van der Waals surface area contributed by atoms with Crippen LogP contribution < -0.4 is 5.32 Å². The van der Waals surface area contributed by atoms with Gasteiger partial charge in [0.2, 0.25) is 11.8 Å². The summed E-state index contributed by atoms with van der Waals surface area (Å²) in [7, 11) is 0. The van der Waals surface area contributed by atoms with Crippen LogP contribution in [0.1, 0.15) is 22.9 Å². The van der Waals surface area contributed by atoms with Crippen molar-refractivity contribution in [2.45, 2.75) is 18.9 Å². The number of aromatic amines is 1. The van der Waals surface area contributed by atoms with Gasteiger partial charge in [0.05, 0.1) is 29.7 Å². The monoisotopic (exact) mass is 492 g/mol. The van der Waals surface area contributed by atoms with Crippen LogP contribution in [0.2, 0.25) is 5.02 Å². The van der Waals surface area contributed by atoms with E-state index < -0.39 is 17.7 Å². The van der Waals surface area contributed by atoms with Crippen LogP contribution in [0.25, 0.3) is 22.5 Å². The van der Waals surface area contributed by atoms with E-state index >= 15 is 0 Å². The molecule has 1 amide bonds. The molecule has 3 aromatic heterocycles. The molecule has 0 spiro atoms. The minimum Gasteiger partial charge on any atom is -0.439 e. The first-order valence-corrected chi connectivity index (χ1v) is 11.2. The van der Waals surface area contributed by atoms with Gasteiger partial charge in [0.25, 0.3) is 0 Å². The zero-order valence-electron chi connectivity index (χ0n) is 18.3. The molecule has 5 aromatic rings. The molecule has 176 valence electrons. The molecule has 5 rings (SSSR count). The zero-order valence-corrected chi connectivity index (χ0v) is 19.0. The largest absolute Gasteiger partial charge is 0.439 e. The predicted octanol–water partition coefficient (Wildman–Crippen LogP) is 5.79. The molecule has 0 aliphatic carbocycles. The molecule has 0 saturated heterocycles. The summed E-state index contributed by atoms with van der Waals surface area (Å²) in [5.41, 5.74) is 3.33. The highest BCUT2D eigenvalue weighted by Crippen LogP contribution is 2.27. The van der Waals surface area contributed by atoms with E-state index in [1.807, 2.05) is 6.07 Å². The van der Waals surface area contributed by atoms with Crippen LogP contribution >= 0.6 is 11.6 Å². The number of nitrogens with one attached hydrogen (secondary N) is 2. The second kappa shape index (κ2) is 9.68. The first kappa shape index (κ1) is 22.7. The number of benzene rings is 2. The fourth-order valence-corrected chi connectivity index (χ4v) is 4.05. The van der Waals surface area contributed by atoms with Gasteiger partial charge in [-0.25, -0.2) is 13.8 Å². The number of nitrogens with zero attached hydrogens (tertiary/aromatic N) is 2. The predicted molar refractivity (Wildman–Crippen MR) is 128 cm³/mol. The van der Waals surface area contributed by atoms with Crippen LogP contribution in [0.3, 0.4) is 0 Å². The number of fused-ring (bicyclic) bond motifs is 1. The van der Waals surface area contributed by atoms with Gasteiger partial charge in [-0.2, -0.15) is 0 Å². The summed E-state index contributed by atoms with van der Waals surface area (Å²) in [6.07, 6.45) is 5.05. The molecule has 0 aliphatic heterocycles. The number of oxazole rings is 1. The minimum absolute atomic E-state index is 0.0587.